The van der Waals surface area contributed by atoms with Crippen LogP contribution in [0.2, 0.25) is 0 Å². The Balaban J connectivity index is 1.25. The van der Waals surface area contributed by atoms with Gasteiger partial charge in [0.05, 0.1) is 17.4 Å². The Labute approximate surface area is 198 Å². The van der Waals surface area contributed by atoms with Crippen LogP contribution in [0.4, 0.5) is 5.69 Å². The van der Waals surface area contributed by atoms with Crippen molar-refractivity contribution in [2.45, 2.75) is 25.6 Å². The molecule has 5 nitrogen and oxygen atoms in total. The first kappa shape index (κ1) is 20.4. The van der Waals surface area contributed by atoms with Crippen LogP contribution in [0.3, 0.4) is 0 Å². The number of H-pyrrole nitrogens is 1. The van der Waals surface area contributed by atoms with Gasteiger partial charge in [-0.3, -0.25) is 5.10 Å². The van der Waals surface area contributed by atoms with Crippen molar-refractivity contribution in [3.8, 4) is 22.6 Å². The summed E-state index contributed by atoms with van der Waals surface area (Å²) in [5, 5.41) is 8.19. The molecule has 34 heavy (non-hydrogen) atoms. The number of anilines is 1. The number of aromatic nitrogens is 2. The molecule has 1 unspecified atom stereocenters. The first-order valence-corrected chi connectivity index (χ1v) is 11.5. The molecular weight excluding hydrogens is 422 g/mol. The van der Waals surface area contributed by atoms with Gasteiger partial charge in [-0.2, -0.15) is 5.10 Å². The molecule has 1 aliphatic carbocycles. The van der Waals surface area contributed by atoms with E-state index in [2.05, 4.69) is 52.7 Å². The minimum absolute atomic E-state index is 0.00224. The number of nitrogens with two attached hydrogens (primary N) is 1. The standard InChI is InChI=1S/C29H25N3O2/c30-26-10-5-9-24(21-12-13-27-22(14-21)17-31-32-27)29(26)34-23-15-20-8-4-11-28(25(20)16-23)33-18-19-6-2-1-3-7-19/h1-14,17,23H,15-16,18,30H2,(H,31,32). The van der Waals surface area contributed by atoms with Crippen molar-refractivity contribution >= 4 is 16.6 Å². The van der Waals surface area contributed by atoms with Gasteiger partial charge in [0.2, 0.25) is 0 Å². The van der Waals surface area contributed by atoms with Gasteiger partial charge in [-0.25, -0.2) is 0 Å². The Kier molecular flexibility index (Phi) is 5.15. The second kappa shape index (κ2) is 8.60. The molecule has 6 rings (SSSR count). The lowest BCUT2D eigenvalue weighted by molar-refractivity contribution is 0.214. The average Bonchev–Trinajstić information content (AvgIpc) is 3.51. The molecule has 1 atom stereocenters. The van der Waals surface area contributed by atoms with Crippen molar-refractivity contribution in [1.82, 2.24) is 10.2 Å². The van der Waals surface area contributed by atoms with Crippen LogP contribution in [0.15, 0.2) is 91.1 Å². The summed E-state index contributed by atoms with van der Waals surface area (Å²) >= 11 is 0. The first-order valence-electron chi connectivity index (χ1n) is 11.5. The molecule has 0 aliphatic heterocycles. The zero-order valence-corrected chi connectivity index (χ0v) is 18.7. The fourth-order valence-corrected chi connectivity index (χ4v) is 4.72. The quantitative estimate of drug-likeness (QED) is 0.316. The Bertz CT molecular complexity index is 1460. The summed E-state index contributed by atoms with van der Waals surface area (Å²) in [4.78, 5) is 0. The Hall–Kier alpha value is -4.25. The SMILES string of the molecule is Nc1cccc(-c2ccc3[nH]ncc3c2)c1OC1Cc2cccc(OCc3ccccc3)c2C1. The van der Waals surface area contributed by atoms with Gasteiger partial charge >= 0.3 is 0 Å². The molecule has 0 saturated carbocycles. The van der Waals surface area contributed by atoms with Crippen molar-refractivity contribution in [1.29, 1.82) is 0 Å². The molecule has 1 heterocycles. The maximum atomic E-state index is 6.58. The lowest BCUT2D eigenvalue weighted by atomic mass is 10.0. The second-order valence-electron chi connectivity index (χ2n) is 8.71. The third kappa shape index (κ3) is 3.86. The smallest absolute Gasteiger partial charge is 0.150 e. The van der Waals surface area contributed by atoms with Gasteiger partial charge < -0.3 is 15.2 Å². The molecule has 4 aromatic carbocycles. The van der Waals surface area contributed by atoms with Gasteiger partial charge in [0, 0.05) is 29.4 Å². The highest BCUT2D eigenvalue weighted by Crippen LogP contribution is 2.39. The number of para-hydroxylation sites is 1. The third-order valence-corrected chi connectivity index (χ3v) is 6.43. The van der Waals surface area contributed by atoms with Crippen LogP contribution in [-0.4, -0.2) is 16.3 Å². The van der Waals surface area contributed by atoms with E-state index >= 15 is 0 Å². The zero-order chi connectivity index (χ0) is 22.9. The van der Waals surface area contributed by atoms with E-state index in [1.165, 1.54) is 11.1 Å². The summed E-state index contributed by atoms with van der Waals surface area (Å²) in [5.74, 6) is 1.66. The predicted molar refractivity (Wildman–Crippen MR) is 135 cm³/mol. The van der Waals surface area contributed by atoms with Gasteiger partial charge in [0.1, 0.15) is 24.2 Å². The van der Waals surface area contributed by atoms with E-state index in [1.807, 2.05) is 48.7 Å². The molecule has 1 aliphatic rings. The van der Waals surface area contributed by atoms with Crippen molar-refractivity contribution < 1.29 is 9.47 Å². The number of nitrogens with zero attached hydrogens (tertiary/aromatic N) is 1. The van der Waals surface area contributed by atoms with Crippen molar-refractivity contribution in [2.24, 2.45) is 0 Å². The van der Waals surface area contributed by atoms with Crippen LogP contribution >= 0.6 is 0 Å². The van der Waals surface area contributed by atoms with Crippen molar-refractivity contribution in [3.05, 3.63) is 108 Å². The van der Waals surface area contributed by atoms with E-state index < -0.39 is 0 Å². The Morgan fingerprint density at radius 2 is 1.79 bits per heavy atom. The largest absolute Gasteiger partial charge is 0.489 e. The summed E-state index contributed by atoms with van der Waals surface area (Å²) < 4.78 is 12.8. The minimum Gasteiger partial charge on any atom is -0.489 e. The van der Waals surface area contributed by atoms with Crippen LogP contribution in [0.25, 0.3) is 22.0 Å². The highest BCUT2D eigenvalue weighted by atomic mass is 16.5. The van der Waals surface area contributed by atoms with E-state index in [9.17, 15) is 0 Å². The summed E-state index contributed by atoms with van der Waals surface area (Å²) in [7, 11) is 0. The lowest BCUT2D eigenvalue weighted by Crippen LogP contribution is -2.17. The number of rotatable bonds is 6. The van der Waals surface area contributed by atoms with E-state index in [0.29, 0.717) is 12.3 Å². The fraction of sp³-hybridized carbons (Fsp3) is 0.138. The topological polar surface area (TPSA) is 73.2 Å². The molecule has 3 N–H and O–H groups in total. The fourth-order valence-electron chi connectivity index (χ4n) is 4.72. The van der Waals surface area contributed by atoms with Gasteiger partial charge in [-0.05, 0) is 41.0 Å². The summed E-state index contributed by atoms with van der Waals surface area (Å²) in [5.41, 5.74) is 13.7. The lowest BCUT2D eigenvalue weighted by Gasteiger charge is -2.19. The molecule has 1 aromatic heterocycles. The number of hydrogen-bond donors (Lipinski definition) is 2. The molecule has 5 aromatic rings. The average molecular weight is 448 g/mol. The number of fused-ring (bicyclic) bond motifs is 2. The first-order chi connectivity index (χ1) is 16.7. The third-order valence-electron chi connectivity index (χ3n) is 6.43. The Morgan fingerprint density at radius 1 is 0.912 bits per heavy atom. The van der Waals surface area contributed by atoms with Crippen molar-refractivity contribution in [2.75, 3.05) is 5.73 Å². The Morgan fingerprint density at radius 3 is 2.71 bits per heavy atom. The number of nitrogens with one attached hydrogen (secondary N) is 1. The monoisotopic (exact) mass is 447 g/mol. The van der Waals surface area contributed by atoms with Gasteiger partial charge in [-0.1, -0.05) is 60.7 Å². The molecule has 0 amide bonds. The minimum atomic E-state index is -0.00224. The number of nitrogen functional groups attached to an aromatic ring is 1. The van der Waals surface area contributed by atoms with Crippen LogP contribution in [0.5, 0.6) is 11.5 Å². The number of aromatic amines is 1. The molecule has 5 heteroatoms. The van der Waals surface area contributed by atoms with Gasteiger partial charge in [-0.15, -0.1) is 0 Å². The maximum Gasteiger partial charge on any atom is 0.150 e. The van der Waals surface area contributed by atoms with Crippen LogP contribution in [-0.2, 0) is 19.4 Å². The van der Waals surface area contributed by atoms with E-state index in [1.54, 1.807) is 0 Å². The number of ether oxygens (including phenoxy) is 2. The highest BCUT2D eigenvalue weighted by Gasteiger charge is 2.27. The van der Waals surface area contributed by atoms with E-state index in [4.69, 9.17) is 15.2 Å². The van der Waals surface area contributed by atoms with Gasteiger partial charge in [0.15, 0.2) is 0 Å². The molecule has 0 radical (unpaired) electrons. The summed E-state index contributed by atoms with van der Waals surface area (Å²) in [6.45, 7) is 0.551. The van der Waals surface area contributed by atoms with Crippen LogP contribution < -0.4 is 15.2 Å². The highest BCUT2D eigenvalue weighted by molar-refractivity contribution is 5.87. The van der Waals surface area contributed by atoms with Gasteiger partial charge in [0.25, 0.3) is 0 Å². The zero-order valence-electron chi connectivity index (χ0n) is 18.7. The molecule has 168 valence electrons. The molecule has 0 saturated heterocycles. The summed E-state index contributed by atoms with van der Waals surface area (Å²) in [6, 6.07) is 28.6. The number of hydrogen-bond acceptors (Lipinski definition) is 4. The van der Waals surface area contributed by atoms with E-state index in [-0.39, 0.29) is 6.10 Å². The van der Waals surface area contributed by atoms with E-state index in [0.717, 1.165) is 51.9 Å². The molecule has 0 spiro atoms. The van der Waals surface area contributed by atoms with Crippen LogP contribution in [0.1, 0.15) is 16.7 Å². The second-order valence-corrected chi connectivity index (χ2v) is 8.71. The molecule has 0 fully saturated rings. The van der Waals surface area contributed by atoms with Crippen LogP contribution in [0, 0.1) is 0 Å². The number of benzene rings is 4. The summed E-state index contributed by atoms with van der Waals surface area (Å²) in [6.07, 6.45) is 3.44. The maximum absolute atomic E-state index is 6.58. The predicted octanol–water partition coefficient (Wildman–Crippen LogP) is 5.94. The normalized spacial score (nSPS) is 14.8. The molecular formula is C29H25N3O2. The molecule has 0 bridgehead atoms. The van der Waals surface area contributed by atoms with Crippen molar-refractivity contribution in [3.63, 3.8) is 0 Å².